The van der Waals surface area contributed by atoms with Crippen LogP contribution in [0.15, 0.2) is 0 Å². The third-order valence-corrected chi connectivity index (χ3v) is 0. The van der Waals surface area contributed by atoms with Gasteiger partial charge in [0.2, 0.25) is 0 Å². The Morgan fingerprint density at radius 1 is 0.833 bits per heavy atom. The SMILES string of the molecule is [Cl-].[Cl-].[Cl-].[NH4+].[O]=[Zr+2]. The van der Waals surface area contributed by atoms with Gasteiger partial charge in [0.15, 0.2) is 0 Å². The van der Waals surface area contributed by atoms with Crippen LogP contribution in [0.5, 0.6) is 0 Å². The maximum absolute atomic E-state index is 8.34. The zero-order chi connectivity index (χ0) is 2.00. The van der Waals surface area contributed by atoms with E-state index in [9.17, 15) is 0 Å². The van der Waals surface area contributed by atoms with Gasteiger partial charge in [0.05, 0.1) is 0 Å². The Morgan fingerprint density at radius 2 is 0.833 bits per heavy atom. The summed E-state index contributed by atoms with van der Waals surface area (Å²) in [7, 11) is 0. The standard InChI is InChI=1S/3ClH.H3N.O.Zr/h3*1H;1H3;;/q;;;;;+2/p-2. The Bertz CT molecular complexity index is 10.8. The molecule has 2 nitrogen and oxygen atoms in total. The van der Waals surface area contributed by atoms with Gasteiger partial charge in [-0.05, 0) is 0 Å². The fourth-order valence-corrected chi connectivity index (χ4v) is 0. The predicted octanol–water partition coefficient (Wildman–Crippen LogP) is -8.73. The van der Waals surface area contributed by atoms with E-state index in [1.165, 1.54) is 0 Å². The molecule has 6 heteroatoms. The van der Waals surface area contributed by atoms with E-state index in [4.69, 9.17) is 2.81 Å². The molecule has 6 heavy (non-hydrogen) atoms. The van der Waals surface area contributed by atoms with Crippen LogP contribution in [0.25, 0.3) is 0 Å². The Morgan fingerprint density at radius 3 is 0.833 bits per heavy atom. The van der Waals surface area contributed by atoms with Gasteiger partial charge in [0.1, 0.15) is 0 Å². The maximum atomic E-state index is 8.34. The molecule has 4 N–H and O–H groups in total. The van der Waals surface area contributed by atoms with Crippen LogP contribution in [0.2, 0.25) is 0 Å². The molecule has 0 amide bonds. The Kier molecular flexibility index (Phi) is 727. The van der Waals surface area contributed by atoms with Crippen molar-refractivity contribution in [3.63, 3.8) is 0 Å². The number of rotatable bonds is 0. The van der Waals surface area contributed by atoms with E-state index >= 15 is 0 Å². The summed E-state index contributed by atoms with van der Waals surface area (Å²) in [5, 5.41) is 0. The van der Waals surface area contributed by atoms with Crippen molar-refractivity contribution < 1.29 is 64.8 Å². The number of halogens is 3. The Hall–Kier alpha value is 1.51. The average Bonchev–Trinajstić information content (AvgIpc) is 1.00. The molecular weight excluding hydrogens is 228 g/mol. The van der Waals surface area contributed by atoms with Gasteiger partial charge in [-0.25, -0.2) is 0 Å². The van der Waals surface area contributed by atoms with Crippen molar-refractivity contribution in [3.8, 4) is 0 Å². The van der Waals surface area contributed by atoms with Crippen LogP contribution in [0, 0.1) is 0 Å². The van der Waals surface area contributed by atoms with Crippen molar-refractivity contribution in [2.75, 3.05) is 0 Å². The first kappa shape index (κ1) is 50.5. The van der Waals surface area contributed by atoms with Gasteiger partial charge in [-0.2, -0.15) is 0 Å². The molecule has 40 valence electrons. The molecule has 0 saturated carbocycles. The molecule has 0 aliphatic heterocycles. The summed E-state index contributed by atoms with van der Waals surface area (Å²) in [6.45, 7) is 0. The summed E-state index contributed by atoms with van der Waals surface area (Å²) in [6, 6.07) is 0. The molecule has 0 aliphatic carbocycles. The van der Waals surface area contributed by atoms with Gasteiger partial charge in [-0.1, -0.05) is 0 Å². The quantitative estimate of drug-likeness (QED) is 0.442. The van der Waals surface area contributed by atoms with Crippen molar-refractivity contribution in [2.24, 2.45) is 0 Å². The van der Waals surface area contributed by atoms with Gasteiger partial charge in [0.25, 0.3) is 0 Å². The molecule has 0 fully saturated rings. The summed E-state index contributed by atoms with van der Waals surface area (Å²) >= 11 is 0.300. The van der Waals surface area contributed by atoms with Crippen LogP contribution < -0.4 is 43.4 Å². The first-order valence-electron chi connectivity index (χ1n) is 0.204. The molecule has 0 aliphatic rings. The molecule has 0 heterocycles. The van der Waals surface area contributed by atoms with Gasteiger partial charge in [-0.3, -0.25) is 0 Å². The molecule has 0 saturated heterocycles. The number of hydrogen-bond donors (Lipinski definition) is 1. The molecule has 0 bridgehead atoms. The van der Waals surface area contributed by atoms with Crippen LogP contribution >= 0.6 is 0 Å². The minimum atomic E-state index is 0. The Labute approximate surface area is 70.5 Å². The van der Waals surface area contributed by atoms with Crippen molar-refractivity contribution in [2.45, 2.75) is 0 Å². The van der Waals surface area contributed by atoms with E-state index in [1.54, 1.807) is 0 Å². The summed E-state index contributed by atoms with van der Waals surface area (Å²) in [5.41, 5.74) is 0. The zero-order valence-corrected chi connectivity index (χ0v) is 7.77. The third kappa shape index (κ3) is 49.0. The summed E-state index contributed by atoms with van der Waals surface area (Å²) in [6.07, 6.45) is 0. The summed E-state index contributed by atoms with van der Waals surface area (Å²) in [5.74, 6) is 0. The third-order valence-electron chi connectivity index (χ3n) is 0. The fourth-order valence-electron chi connectivity index (χ4n) is 0. The van der Waals surface area contributed by atoms with Crippen LogP contribution in [0.3, 0.4) is 0 Å². The van der Waals surface area contributed by atoms with E-state index in [-0.39, 0.29) is 43.4 Å². The molecule has 0 aromatic heterocycles. The van der Waals surface area contributed by atoms with Crippen LogP contribution in [0.4, 0.5) is 0 Å². The Balaban J connectivity index is -0.000000000833. The van der Waals surface area contributed by atoms with Gasteiger partial charge in [0, 0.05) is 0 Å². The molecule has 0 aromatic carbocycles. The predicted molar refractivity (Wildman–Crippen MR) is 6.67 cm³/mol. The topological polar surface area (TPSA) is 53.6 Å². The molecule has 0 unspecified atom stereocenters. The van der Waals surface area contributed by atoms with Gasteiger partial charge < -0.3 is 43.4 Å². The van der Waals surface area contributed by atoms with E-state index in [2.05, 4.69) is 0 Å². The first-order chi connectivity index (χ1) is 1.00. The second-order valence-electron chi connectivity index (χ2n) is 0. The van der Waals surface area contributed by atoms with E-state index in [0.29, 0.717) is 24.7 Å². The molecule has 0 spiro atoms. The van der Waals surface area contributed by atoms with Crippen molar-refractivity contribution in [1.29, 1.82) is 0 Å². The molecular formula is H4Cl3NOZr. The molecule has 0 atom stereocenters. The first-order valence-corrected chi connectivity index (χ1v) is 1.21. The molecule has 0 rings (SSSR count). The summed E-state index contributed by atoms with van der Waals surface area (Å²) < 4.78 is 8.34. The monoisotopic (exact) mass is 229 g/mol. The van der Waals surface area contributed by atoms with Crippen LogP contribution in [-0.2, 0) is 27.5 Å². The van der Waals surface area contributed by atoms with Crippen molar-refractivity contribution in [3.05, 3.63) is 0 Å². The molecule has 0 radical (unpaired) electrons. The second-order valence-corrected chi connectivity index (χ2v) is 0. The van der Waals surface area contributed by atoms with Crippen LogP contribution in [-0.4, -0.2) is 0 Å². The average molecular weight is 232 g/mol. The van der Waals surface area contributed by atoms with E-state index in [0.717, 1.165) is 0 Å². The van der Waals surface area contributed by atoms with Crippen LogP contribution in [0.1, 0.15) is 0 Å². The second kappa shape index (κ2) is 86.5. The van der Waals surface area contributed by atoms with E-state index < -0.39 is 0 Å². The number of quaternary nitrogens is 1. The molecule has 0 aromatic rings. The number of hydrogen-bond acceptors (Lipinski definition) is 1. The van der Waals surface area contributed by atoms with Crippen molar-refractivity contribution in [1.82, 2.24) is 6.15 Å². The normalized spacial score (nSPS) is 1.00. The summed E-state index contributed by atoms with van der Waals surface area (Å²) in [4.78, 5) is 0. The van der Waals surface area contributed by atoms with Gasteiger partial charge in [-0.15, -0.1) is 0 Å². The zero-order valence-electron chi connectivity index (χ0n) is 3.04. The van der Waals surface area contributed by atoms with E-state index in [1.807, 2.05) is 0 Å². The van der Waals surface area contributed by atoms with Gasteiger partial charge >= 0.3 is 27.5 Å². The minimum absolute atomic E-state index is 0. The van der Waals surface area contributed by atoms with Crippen molar-refractivity contribution >= 4 is 0 Å². The fraction of sp³-hybridized carbons (Fsp3) is 0.